The van der Waals surface area contributed by atoms with Gasteiger partial charge < -0.3 is 26.0 Å². The van der Waals surface area contributed by atoms with Gasteiger partial charge in [0.05, 0.1) is 28.9 Å². The first-order chi connectivity index (χ1) is 17.8. The quantitative estimate of drug-likeness (QED) is 0.222. The van der Waals surface area contributed by atoms with Crippen molar-refractivity contribution in [1.29, 1.82) is 0 Å². The number of rotatable bonds is 9. The normalized spacial score (nSPS) is 27.2. The summed E-state index contributed by atoms with van der Waals surface area (Å²) in [4.78, 5) is 25.1. The maximum atomic E-state index is 12.7. The van der Waals surface area contributed by atoms with Gasteiger partial charge in [0.25, 0.3) is 10.1 Å². The number of ether oxygens (including phenoxy) is 1. The highest BCUT2D eigenvalue weighted by atomic mass is 35.5. The second-order valence-corrected chi connectivity index (χ2v) is 11.2. The SMILES string of the molecule is CCC1(C(=O)O)C(COCCN)NC(C)C(C)(C(=O)O)C1c1ccccc1Cl.O=S(=O)(O)c1ccccc1. The lowest BCUT2D eigenvalue weighted by molar-refractivity contribution is -0.174. The van der Waals surface area contributed by atoms with E-state index in [4.69, 9.17) is 26.6 Å². The Bertz CT molecular complexity index is 1210. The Morgan fingerprint density at radius 3 is 2.11 bits per heavy atom. The summed E-state index contributed by atoms with van der Waals surface area (Å²) >= 11 is 6.45. The summed E-state index contributed by atoms with van der Waals surface area (Å²) in [7, 11) is -4.00. The van der Waals surface area contributed by atoms with Gasteiger partial charge in [-0.05, 0) is 44.0 Å². The highest BCUT2D eigenvalue weighted by Gasteiger charge is 2.65. The van der Waals surface area contributed by atoms with Crippen LogP contribution in [0.1, 0.15) is 38.7 Å². The number of hydrogen-bond donors (Lipinski definition) is 5. The van der Waals surface area contributed by atoms with E-state index in [1.807, 2.05) is 0 Å². The molecule has 5 unspecified atom stereocenters. The molecule has 0 radical (unpaired) electrons. The number of nitrogens with two attached hydrogens (primary N) is 1. The average molecular weight is 571 g/mol. The number of benzene rings is 2. The van der Waals surface area contributed by atoms with Gasteiger partial charge in [0, 0.05) is 29.6 Å². The summed E-state index contributed by atoms with van der Waals surface area (Å²) in [5.41, 5.74) is 3.19. The third-order valence-electron chi connectivity index (χ3n) is 7.34. The third-order valence-corrected chi connectivity index (χ3v) is 8.55. The molecule has 2 aromatic carbocycles. The number of carbonyl (C=O) groups is 2. The molecule has 210 valence electrons. The highest BCUT2D eigenvalue weighted by molar-refractivity contribution is 7.85. The molecule has 3 rings (SSSR count). The molecular weight excluding hydrogens is 536 g/mol. The van der Waals surface area contributed by atoms with Gasteiger partial charge in [-0.1, -0.05) is 54.9 Å². The van der Waals surface area contributed by atoms with Crippen LogP contribution in [0.3, 0.4) is 0 Å². The van der Waals surface area contributed by atoms with Crippen molar-refractivity contribution in [3.05, 3.63) is 65.2 Å². The van der Waals surface area contributed by atoms with Crippen molar-refractivity contribution in [3.63, 3.8) is 0 Å². The van der Waals surface area contributed by atoms with Crippen LogP contribution in [0.5, 0.6) is 0 Å². The molecule has 6 N–H and O–H groups in total. The molecule has 2 aromatic rings. The maximum absolute atomic E-state index is 12.7. The molecule has 10 nitrogen and oxygen atoms in total. The Balaban J connectivity index is 0.000000423. The molecule has 38 heavy (non-hydrogen) atoms. The second kappa shape index (κ2) is 13.0. The van der Waals surface area contributed by atoms with E-state index in [1.54, 1.807) is 63.2 Å². The molecule has 1 heterocycles. The average Bonchev–Trinajstić information content (AvgIpc) is 2.87. The lowest BCUT2D eigenvalue weighted by atomic mass is 9.51. The number of carboxylic acid groups (broad SMARTS) is 2. The number of aliphatic carboxylic acids is 2. The zero-order chi connectivity index (χ0) is 28.7. The first kappa shape index (κ1) is 31.7. The standard InChI is InChI=1S/C20H29ClN2O5.C6H6O3S/c1-4-20(18(26)27)15(11-28-10-9-22)23-12(2)19(3,17(24)25)16(20)13-7-5-6-8-14(13)21;7-10(8,9)6-4-2-1-3-5-6/h5-8,12,15-16,23H,4,9-11,22H2,1-3H3,(H,24,25)(H,26,27);1-5H,(H,7,8,9). The van der Waals surface area contributed by atoms with Crippen LogP contribution in [-0.2, 0) is 24.4 Å². The van der Waals surface area contributed by atoms with Gasteiger partial charge in [-0.2, -0.15) is 8.42 Å². The Morgan fingerprint density at radius 2 is 1.66 bits per heavy atom. The van der Waals surface area contributed by atoms with E-state index >= 15 is 0 Å². The molecule has 0 aliphatic carbocycles. The number of piperidine rings is 1. The van der Waals surface area contributed by atoms with Crippen molar-refractivity contribution in [3.8, 4) is 0 Å². The fourth-order valence-electron chi connectivity index (χ4n) is 5.18. The van der Waals surface area contributed by atoms with Gasteiger partial charge in [0.15, 0.2) is 0 Å². The van der Waals surface area contributed by atoms with Crippen LogP contribution in [0.15, 0.2) is 59.5 Å². The summed E-state index contributed by atoms with van der Waals surface area (Å²) < 4.78 is 34.8. The number of hydrogen-bond acceptors (Lipinski definition) is 7. The maximum Gasteiger partial charge on any atom is 0.311 e. The first-order valence-corrected chi connectivity index (χ1v) is 13.9. The molecule has 1 saturated heterocycles. The van der Waals surface area contributed by atoms with Crippen molar-refractivity contribution < 1.29 is 37.5 Å². The third kappa shape index (κ3) is 6.36. The molecule has 5 atom stereocenters. The Labute approximate surface area is 227 Å². The fourth-order valence-corrected chi connectivity index (χ4v) is 5.92. The number of nitrogens with one attached hydrogen (secondary N) is 1. The lowest BCUT2D eigenvalue weighted by Gasteiger charge is -2.56. The van der Waals surface area contributed by atoms with E-state index in [0.717, 1.165) is 0 Å². The number of carboxylic acids is 2. The van der Waals surface area contributed by atoms with Crippen LogP contribution in [0.2, 0.25) is 5.02 Å². The van der Waals surface area contributed by atoms with Crippen molar-refractivity contribution in [2.75, 3.05) is 19.8 Å². The zero-order valence-corrected chi connectivity index (χ0v) is 23.1. The molecule has 0 bridgehead atoms. The lowest BCUT2D eigenvalue weighted by Crippen LogP contribution is -2.70. The minimum Gasteiger partial charge on any atom is -0.481 e. The second-order valence-electron chi connectivity index (χ2n) is 9.33. The molecule has 0 spiro atoms. The van der Waals surface area contributed by atoms with Gasteiger partial charge >= 0.3 is 11.9 Å². The monoisotopic (exact) mass is 570 g/mol. The van der Waals surface area contributed by atoms with Crippen LogP contribution in [0, 0.1) is 10.8 Å². The van der Waals surface area contributed by atoms with E-state index in [-0.39, 0.29) is 17.9 Å². The van der Waals surface area contributed by atoms with Gasteiger partial charge in [0.2, 0.25) is 0 Å². The molecular formula is C26H35ClN2O8S. The fraction of sp³-hybridized carbons (Fsp3) is 0.462. The first-order valence-electron chi connectivity index (χ1n) is 12.1. The van der Waals surface area contributed by atoms with Gasteiger partial charge in [-0.25, -0.2) is 0 Å². The Morgan fingerprint density at radius 1 is 1.08 bits per heavy atom. The van der Waals surface area contributed by atoms with Gasteiger partial charge in [-0.15, -0.1) is 0 Å². The minimum absolute atomic E-state index is 0.0741. The molecule has 12 heteroatoms. The topological polar surface area (TPSA) is 176 Å². The predicted octanol–water partition coefficient (Wildman–Crippen LogP) is 3.26. The van der Waals surface area contributed by atoms with Crippen LogP contribution >= 0.6 is 11.6 Å². The van der Waals surface area contributed by atoms with Gasteiger partial charge in [0.1, 0.15) is 0 Å². The molecule has 1 fully saturated rings. The highest BCUT2D eigenvalue weighted by Crippen LogP contribution is 2.57. The molecule has 0 amide bonds. The Kier molecular flexibility index (Phi) is 10.8. The van der Waals surface area contributed by atoms with Gasteiger partial charge in [-0.3, -0.25) is 14.1 Å². The predicted molar refractivity (Wildman–Crippen MR) is 143 cm³/mol. The summed E-state index contributed by atoms with van der Waals surface area (Å²) in [6.45, 7) is 5.82. The van der Waals surface area contributed by atoms with Crippen LogP contribution in [0.4, 0.5) is 0 Å². The minimum atomic E-state index is -4.00. The zero-order valence-electron chi connectivity index (χ0n) is 21.5. The van der Waals surface area contributed by atoms with Crippen LogP contribution < -0.4 is 11.1 Å². The van der Waals surface area contributed by atoms with E-state index in [2.05, 4.69) is 5.32 Å². The molecule has 0 aromatic heterocycles. The van der Waals surface area contributed by atoms with Crippen molar-refractivity contribution in [2.45, 2.75) is 50.1 Å². The van der Waals surface area contributed by atoms with E-state index < -0.39 is 50.9 Å². The summed E-state index contributed by atoms with van der Waals surface area (Å²) in [5, 5.41) is 24.1. The van der Waals surface area contributed by atoms with Crippen LogP contribution in [-0.4, -0.2) is 67.0 Å². The van der Waals surface area contributed by atoms with Crippen LogP contribution in [0.25, 0.3) is 0 Å². The largest absolute Gasteiger partial charge is 0.481 e. The van der Waals surface area contributed by atoms with Crippen molar-refractivity contribution >= 4 is 33.7 Å². The Hall–Kier alpha value is -2.54. The summed E-state index contributed by atoms with van der Waals surface area (Å²) in [6, 6.07) is 13.2. The smallest absolute Gasteiger partial charge is 0.311 e. The molecule has 0 saturated carbocycles. The van der Waals surface area contributed by atoms with Crippen molar-refractivity contribution in [1.82, 2.24) is 5.32 Å². The number of halogens is 1. The molecule has 1 aliphatic rings. The van der Waals surface area contributed by atoms with Crippen molar-refractivity contribution in [2.24, 2.45) is 16.6 Å². The van der Waals surface area contributed by atoms with E-state index in [0.29, 0.717) is 23.7 Å². The summed E-state index contributed by atoms with van der Waals surface area (Å²) in [6.07, 6.45) is 0.206. The summed E-state index contributed by atoms with van der Waals surface area (Å²) in [5.74, 6) is -3.01. The molecule has 1 aliphatic heterocycles. The van der Waals surface area contributed by atoms with E-state index in [1.165, 1.54) is 12.1 Å². The van der Waals surface area contributed by atoms with E-state index in [9.17, 15) is 28.2 Å².